The number of nitrogens with one attached hydrogen (secondary N) is 2. The summed E-state index contributed by atoms with van der Waals surface area (Å²) in [6.45, 7) is 9.19. The molecular formula is C30H36ClN3O5. The van der Waals surface area contributed by atoms with Crippen LogP contribution in [0.25, 0.3) is 0 Å². The summed E-state index contributed by atoms with van der Waals surface area (Å²) in [5, 5.41) is 16.7. The largest absolute Gasteiger partial charge is 0.394 e. The molecule has 3 heterocycles. The molecule has 7 atom stereocenters. The van der Waals surface area contributed by atoms with E-state index in [-0.39, 0.29) is 30.3 Å². The maximum Gasteiger partial charge on any atom is 0.250 e. The highest BCUT2D eigenvalue weighted by atomic mass is 35.5. The molecule has 9 heteroatoms. The highest BCUT2D eigenvalue weighted by molar-refractivity contribution is 6.34. The number of hydrogen-bond acceptors (Lipinski definition) is 5. The maximum absolute atomic E-state index is 14.3. The number of anilines is 2. The highest BCUT2D eigenvalue weighted by Crippen LogP contribution is 2.65. The summed E-state index contributed by atoms with van der Waals surface area (Å²) < 4.78 is 6.76. The Kier molecular flexibility index (Phi) is 7.02. The van der Waals surface area contributed by atoms with Gasteiger partial charge in [-0.15, -0.1) is 0 Å². The Balaban J connectivity index is 1.60. The predicted octanol–water partition coefficient (Wildman–Crippen LogP) is 4.25. The van der Waals surface area contributed by atoms with Crippen molar-refractivity contribution in [2.24, 2.45) is 23.7 Å². The average Bonchev–Trinajstić information content (AvgIpc) is 3.39. The number of amides is 3. The van der Waals surface area contributed by atoms with Crippen molar-refractivity contribution < 1.29 is 24.2 Å². The van der Waals surface area contributed by atoms with Crippen LogP contribution in [0.5, 0.6) is 0 Å². The fraction of sp³-hybridized carbons (Fsp3) is 0.500. The lowest BCUT2D eigenvalue weighted by Gasteiger charge is -2.38. The minimum atomic E-state index is -1.23. The van der Waals surface area contributed by atoms with Crippen LogP contribution in [0, 0.1) is 30.6 Å². The molecule has 1 spiro atoms. The third-order valence-electron chi connectivity index (χ3n) is 9.11. The van der Waals surface area contributed by atoms with Crippen molar-refractivity contribution in [2.75, 3.05) is 17.2 Å². The molecule has 3 N–H and O–H groups in total. The van der Waals surface area contributed by atoms with E-state index in [1.807, 2.05) is 58.9 Å². The number of benzene rings is 2. The van der Waals surface area contributed by atoms with Gasteiger partial charge in [0.05, 0.1) is 40.8 Å². The van der Waals surface area contributed by atoms with Crippen molar-refractivity contribution in [3.63, 3.8) is 0 Å². The molecule has 8 nitrogen and oxygen atoms in total. The van der Waals surface area contributed by atoms with Crippen LogP contribution in [0.15, 0.2) is 48.5 Å². The molecule has 208 valence electrons. The Morgan fingerprint density at radius 2 is 1.82 bits per heavy atom. The lowest BCUT2D eigenvalue weighted by atomic mass is 9.62. The molecule has 3 saturated heterocycles. The summed E-state index contributed by atoms with van der Waals surface area (Å²) in [5.74, 6) is -3.04. The first kappa shape index (κ1) is 27.6. The van der Waals surface area contributed by atoms with Crippen LogP contribution in [0.3, 0.4) is 0 Å². The zero-order valence-corrected chi connectivity index (χ0v) is 23.7. The summed E-state index contributed by atoms with van der Waals surface area (Å²) in [7, 11) is 0. The second kappa shape index (κ2) is 9.91. The minimum Gasteiger partial charge on any atom is -0.394 e. The molecule has 3 amide bonds. The fourth-order valence-corrected chi connectivity index (χ4v) is 7.35. The zero-order chi connectivity index (χ0) is 28.3. The van der Waals surface area contributed by atoms with E-state index >= 15 is 0 Å². The van der Waals surface area contributed by atoms with Gasteiger partial charge >= 0.3 is 0 Å². The van der Waals surface area contributed by atoms with Crippen molar-refractivity contribution >= 4 is 40.7 Å². The number of hydrogen-bond donors (Lipinski definition) is 3. The summed E-state index contributed by atoms with van der Waals surface area (Å²) in [6.07, 6.45) is 0.432. The van der Waals surface area contributed by atoms with Crippen molar-refractivity contribution in [1.82, 2.24) is 4.90 Å². The second-order valence-corrected chi connectivity index (χ2v) is 12.1. The van der Waals surface area contributed by atoms with E-state index in [4.69, 9.17) is 16.3 Å². The van der Waals surface area contributed by atoms with E-state index < -0.39 is 41.0 Å². The van der Waals surface area contributed by atoms with Crippen molar-refractivity contribution in [3.05, 3.63) is 59.1 Å². The molecule has 3 aliphatic rings. The number of likely N-dealkylation sites (tertiary alicyclic amines) is 1. The Labute approximate surface area is 234 Å². The smallest absolute Gasteiger partial charge is 0.250 e. The molecule has 2 aromatic rings. The van der Waals surface area contributed by atoms with Gasteiger partial charge in [0, 0.05) is 5.69 Å². The molecular weight excluding hydrogens is 518 g/mol. The van der Waals surface area contributed by atoms with Gasteiger partial charge in [-0.2, -0.15) is 0 Å². The van der Waals surface area contributed by atoms with Gasteiger partial charge in [-0.05, 0) is 55.9 Å². The molecule has 0 aromatic heterocycles. The Hall–Kier alpha value is -2.94. The van der Waals surface area contributed by atoms with Gasteiger partial charge in [0.15, 0.2) is 0 Å². The minimum absolute atomic E-state index is 0.100. The van der Waals surface area contributed by atoms with Crippen molar-refractivity contribution in [1.29, 1.82) is 0 Å². The molecule has 39 heavy (non-hydrogen) atoms. The molecule has 0 radical (unpaired) electrons. The normalized spacial score (nSPS) is 31.9. The average molecular weight is 554 g/mol. The number of aryl methyl sites for hydroxylation is 1. The van der Waals surface area contributed by atoms with Crippen LogP contribution in [0.4, 0.5) is 11.4 Å². The second-order valence-electron chi connectivity index (χ2n) is 11.7. The molecule has 3 aliphatic heterocycles. The summed E-state index contributed by atoms with van der Waals surface area (Å²) in [6, 6.07) is 12.7. The standard InChI is InChI=1S/C30H36ClN3O5/c1-16(2)21(15-35)34-25(27(37)33-24-17(3)10-9-13-20(24)31)30-14-18(4)29(5,39-30)22(23(30)28(34)38)26(36)32-19-11-7-6-8-12-19/h6-13,16,18,21-23,25,35H,14-15H2,1-5H3,(H,32,36)(H,33,37)/t18?,21-,22+,23-,25?,29-,30?/m0/s1. The van der Waals surface area contributed by atoms with Gasteiger partial charge in [0.25, 0.3) is 0 Å². The number of nitrogens with zero attached hydrogens (tertiary/aromatic N) is 1. The number of carbonyl (C=O) groups excluding carboxylic acids is 3. The van der Waals surface area contributed by atoms with E-state index in [0.29, 0.717) is 22.8 Å². The van der Waals surface area contributed by atoms with Crippen LogP contribution in [0.2, 0.25) is 5.02 Å². The third-order valence-corrected chi connectivity index (χ3v) is 9.42. The zero-order valence-electron chi connectivity index (χ0n) is 22.9. The molecule has 2 aromatic carbocycles. The van der Waals surface area contributed by atoms with E-state index in [9.17, 15) is 19.5 Å². The number of aliphatic hydroxyl groups is 1. The molecule has 3 unspecified atom stereocenters. The van der Waals surface area contributed by atoms with Crippen LogP contribution < -0.4 is 10.6 Å². The van der Waals surface area contributed by atoms with E-state index in [0.717, 1.165) is 5.56 Å². The number of aliphatic hydroxyl groups excluding tert-OH is 1. The van der Waals surface area contributed by atoms with E-state index in [1.54, 1.807) is 24.3 Å². The molecule has 0 saturated carbocycles. The SMILES string of the molecule is Cc1cccc(Cl)c1NC(=O)C1N([C@@H](CO)C(C)C)C(=O)[C@@H]2[C@H](C(=O)Nc3ccccc3)[C@@]3(C)OC12CC3C. The highest BCUT2D eigenvalue weighted by Gasteiger charge is 2.80. The quantitative estimate of drug-likeness (QED) is 0.475. The lowest BCUT2D eigenvalue weighted by Crippen LogP contribution is -2.57. The first-order chi connectivity index (χ1) is 18.5. The summed E-state index contributed by atoms with van der Waals surface area (Å²) >= 11 is 6.44. The topological polar surface area (TPSA) is 108 Å². The number of halogens is 1. The first-order valence-corrected chi connectivity index (χ1v) is 13.9. The van der Waals surface area contributed by atoms with E-state index in [2.05, 4.69) is 10.6 Å². The third kappa shape index (κ3) is 4.15. The van der Waals surface area contributed by atoms with Gasteiger partial charge in [-0.25, -0.2) is 0 Å². The van der Waals surface area contributed by atoms with Gasteiger partial charge in [0.1, 0.15) is 11.6 Å². The number of carbonyl (C=O) groups is 3. The van der Waals surface area contributed by atoms with Crippen molar-refractivity contribution in [2.45, 2.75) is 64.3 Å². The van der Waals surface area contributed by atoms with Crippen LogP contribution in [-0.2, 0) is 19.1 Å². The first-order valence-electron chi connectivity index (χ1n) is 13.5. The van der Waals surface area contributed by atoms with Gasteiger partial charge in [-0.3, -0.25) is 14.4 Å². The predicted molar refractivity (Wildman–Crippen MR) is 149 cm³/mol. The van der Waals surface area contributed by atoms with Crippen molar-refractivity contribution in [3.8, 4) is 0 Å². The molecule has 5 rings (SSSR count). The van der Waals surface area contributed by atoms with Crippen LogP contribution >= 0.6 is 11.6 Å². The molecule has 3 fully saturated rings. The fourth-order valence-electron chi connectivity index (χ4n) is 7.08. The van der Waals surface area contributed by atoms with Gasteiger partial charge in [0.2, 0.25) is 17.7 Å². The molecule has 2 bridgehead atoms. The van der Waals surface area contributed by atoms with Gasteiger partial charge in [-0.1, -0.05) is 62.7 Å². The maximum atomic E-state index is 14.3. The Bertz CT molecular complexity index is 1280. The number of fused-ring (bicyclic) bond motifs is 1. The summed E-state index contributed by atoms with van der Waals surface area (Å²) in [4.78, 5) is 43.9. The Morgan fingerprint density at radius 1 is 1.13 bits per heavy atom. The lowest BCUT2D eigenvalue weighted by molar-refractivity contribution is -0.149. The Morgan fingerprint density at radius 3 is 2.44 bits per heavy atom. The number of rotatable bonds is 7. The number of ether oxygens (including phenoxy) is 1. The van der Waals surface area contributed by atoms with Crippen LogP contribution in [0.1, 0.15) is 39.7 Å². The molecule has 0 aliphatic carbocycles. The number of para-hydroxylation sites is 2. The summed E-state index contributed by atoms with van der Waals surface area (Å²) in [5.41, 5.74) is -0.314. The van der Waals surface area contributed by atoms with Gasteiger partial charge < -0.3 is 25.4 Å². The monoisotopic (exact) mass is 553 g/mol. The van der Waals surface area contributed by atoms with E-state index in [1.165, 1.54) is 4.90 Å². The van der Waals surface area contributed by atoms with Crippen LogP contribution in [-0.4, -0.2) is 57.6 Å².